The van der Waals surface area contributed by atoms with Crippen LogP contribution in [-0.2, 0) is 9.59 Å². The van der Waals surface area contributed by atoms with Crippen molar-refractivity contribution in [3.63, 3.8) is 0 Å². The van der Waals surface area contributed by atoms with Crippen LogP contribution in [0.25, 0.3) is 12.2 Å². The number of rotatable bonds is 12. The molecule has 0 aliphatic heterocycles. The third-order valence-electron chi connectivity index (χ3n) is 6.18. The first-order valence-corrected chi connectivity index (χ1v) is 11.4. The van der Waals surface area contributed by atoms with Gasteiger partial charge in [-0.05, 0) is 59.9 Å². The van der Waals surface area contributed by atoms with E-state index < -0.39 is 5.92 Å². The van der Waals surface area contributed by atoms with Gasteiger partial charge in [0.05, 0.1) is 34.4 Å². The minimum atomic E-state index is -0.696. The molecule has 0 spiro atoms. The number of allylic oxidation sites excluding steroid dienone is 2. The molecule has 3 rings (SSSR count). The molecule has 1 saturated carbocycles. The molecular weight excluding hydrogens is 432 g/mol. The topological polar surface area (TPSA) is 71.1 Å². The minimum Gasteiger partial charge on any atom is -0.493 e. The molecule has 0 bridgehead atoms. The van der Waals surface area contributed by atoms with Gasteiger partial charge in [0.15, 0.2) is 34.6 Å². The van der Waals surface area contributed by atoms with Crippen LogP contribution in [0.15, 0.2) is 48.6 Å². The van der Waals surface area contributed by atoms with E-state index in [1.807, 2.05) is 12.1 Å². The number of ketones is 2. The van der Waals surface area contributed by atoms with Crippen LogP contribution in [0.1, 0.15) is 36.8 Å². The Labute approximate surface area is 201 Å². The lowest BCUT2D eigenvalue weighted by Gasteiger charge is -2.27. The summed E-state index contributed by atoms with van der Waals surface area (Å²) in [7, 11) is 6.27. The molecule has 2 aromatic carbocycles. The molecule has 180 valence electrons. The number of benzene rings is 2. The first-order valence-electron chi connectivity index (χ1n) is 11.4. The number of hydrogen-bond donors (Lipinski definition) is 0. The van der Waals surface area contributed by atoms with Crippen LogP contribution in [0.2, 0.25) is 0 Å². The second-order valence-electron chi connectivity index (χ2n) is 8.29. The van der Waals surface area contributed by atoms with Crippen molar-refractivity contribution in [1.29, 1.82) is 0 Å². The molecule has 0 aromatic heterocycles. The molecule has 0 saturated heterocycles. The Morgan fingerprint density at radius 1 is 0.765 bits per heavy atom. The van der Waals surface area contributed by atoms with E-state index in [4.69, 9.17) is 18.9 Å². The number of carbonyl (C=O) groups is 2. The van der Waals surface area contributed by atoms with Gasteiger partial charge in [0.2, 0.25) is 0 Å². The van der Waals surface area contributed by atoms with Gasteiger partial charge in [-0.15, -0.1) is 0 Å². The summed E-state index contributed by atoms with van der Waals surface area (Å²) in [6, 6.07) is 10.8. The van der Waals surface area contributed by atoms with Gasteiger partial charge in [0, 0.05) is 0 Å². The SMILES string of the molecule is COc1ccc(/C=C/C(=O)C(CC2CCC2)C(=O)/C=C/c2ccc(OC)c(OC)c2)cc1OC. The molecule has 34 heavy (non-hydrogen) atoms. The summed E-state index contributed by atoms with van der Waals surface area (Å²) >= 11 is 0. The smallest absolute Gasteiger partial charge is 0.166 e. The van der Waals surface area contributed by atoms with E-state index in [1.54, 1.807) is 64.9 Å². The minimum absolute atomic E-state index is 0.191. The summed E-state index contributed by atoms with van der Waals surface area (Å²) in [6.45, 7) is 0. The van der Waals surface area contributed by atoms with Crippen molar-refractivity contribution in [3.8, 4) is 23.0 Å². The number of hydrogen-bond acceptors (Lipinski definition) is 6. The summed E-state index contributed by atoms with van der Waals surface area (Å²) in [4.78, 5) is 26.1. The lowest BCUT2D eigenvalue weighted by atomic mass is 9.76. The zero-order valence-electron chi connectivity index (χ0n) is 20.2. The van der Waals surface area contributed by atoms with E-state index >= 15 is 0 Å². The highest BCUT2D eigenvalue weighted by Gasteiger charge is 2.29. The maximum atomic E-state index is 13.1. The van der Waals surface area contributed by atoms with Gasteiger partial charge in [-0.2, -0.15) is 0 Å². The highest BCUT2D eigenvalue weighted by molar-refractivity contribution is 6.13. The predicted octanol–water partition coefficient (Wildman–Crippen LogP) is 5.39. The van der Waals surface area contributed by atoms with E-state index in [0.717, 1.165) is 30.4 Å². The summed E-state index contributed by atoms with van der Waals surface area (Å²) in [6.07, 6.45) is 10.3. The van der Waals surface area contributed by atoms with Crippen LogP contribution in [0.5, 0.6) is 23.0 Å². The molecule has 0 N–H and O–H groups in total. The van der Waals surface area contributed by atoms with Gasteiger partial charge in [0.25, 0.3) is 0 Å². The third-order valence-corrected chi connectivity index (χ3v) is 6.18. The van der Waals surface area contributed by atoms with Crippen LogP contribution < -0.4 is 18.9 Å². The van der Waals surface area contributed by atoms with Gasteiger partial charge in [-0.3, -0.25) is 9.59 Å². The van der Waals surface area contributed by atoms with Crippen molar-refractivity contribution in [2.45, 2.75) is 25.7 Å². The fraction of sp³-hybridized carbons (Fsp3) is 0.357. The maximum absolute atomic E-state index is 13.1. The zero-order chi connectivity index (χ0) is 24.5. The maximum Gasteiger partial charge on any atom is 0.166 e. The zero-order valence-corrected chi connectivity index (χ0v) is 20.2. The number of carbonyl (C=O) groups excluding carboxylic acids is 2. The molecule has 0 unspecified atom stereocenters. The van der Waals surface area contributed by atoms with Crippen molar-refractivity contribution in [1.82, 2.24) is 0 Å². The first kappa shape index (κ1) is 25.1. The first-order chi connectivity index (χ1) is 16.5. The van der Waals surface area contributed by atoms with Crippen molar-refractivity contribution in [2.75, 3.05) is 28.4 Å². The van der Waals surface area contributed by atoms with E-state index in [-0.39, 0.29) is 11.6 Å². The second kappa shape index (κ2) is 12.1. The summed E-state index contributed by atoms with van der Waals surface area (Å²) < 4.78 is 21.2. The van der Waals surface area contributed by atoms with Gasteiger partial charge >= 0.3 is 0 Å². The van der Waals surface area contributed by atoms with Gasteiger partial charge in [-0.25, -0.2) is 0 Å². The Balaban J connectivity index is 1.76. The average Bonchev–Trinajstić information content (AvgIpc) is 2.84. The molecule has 0 atom stereocenters. The molecule has 1 aliphatic rings. The molecule has 1 fully saturated rings. The van der Waals surface area contributed by atoms with E-state index in [2.05, 4.69) is 0 Å². The van der Waals surface area contributed by atoms with E-state index in [9.17, 15) is 9.59 Å². The van der Waals surface area contributed by atoms with Crippen LogP contribution >= 0.6 is 0 Å². The quantitative estimate of drug-likeness (QED) is 0.310. The molecule has 0 amide bonds. The summed E-state index contributed by atoms with van der Waals surface area (Å²) in [5, 5.41) is 0. The van der Waals surface area contributed by atoms with Crippen LogP contribution in [0, 0.1) is 11.8 Å². The van der Waals surface area contributed by atoms with Crippen LogP contribution in [0.4, 0.5) is 0 Å². The Kier molecular flexibility index (Phi) is 8.91. The van der Waals surface area contributed by atoms with Crippen molar-refractivity contribution in [3.05, 3.63) is 59.7 Å². The van der Waals surface area contributed by atoms with E-state index in [1.165, 1.54) is 12.2 Å². The molecule has 1 aliphatic carbocycles. The van der Waals surface area contributed by atoms with Gasteiger partial charge < -0.3 is 18.9 Å². The average molecular weight is 465 g/mol. The molecule has 0 heterocycles. The molecular formula is C28H32O6. The summed E-state index contributed by atoms with van der Waals surface area (Å²) in [5.74, 6) is 1.73. The van der Waals surface area contributed by atoms with Gasteiger partial charge in [0.1, 0.15) is 0 Å². The predicted molar refractivity (Wildman–Crippen MR) is 133 cm³/mol. The standard InChI is InChI=1S/C28H32O6/c1-31-25-14-10-20(17-27(25)33-3)8-12-23(29)22(16-19-6-5-7-19)24(30)13-9-21-11-15-26(32-2)28(18-21)34-4/h8-15,17-19,22H,5-7,16H2,1-4H3/b12-8+,13-9+. The molecule has 6 heteroatoms. The number of methoxy groups -OCH3 is 4. The second-order valence-corrected chi connectivity index (χ2v) is 8.29. The Morgan fingerprint density at radius 2 is 1.21 bits per heavy atom. The largest absolute Gasteiger partial charge is 0.493 e. The highest BCUT2D eigenvalue weighted by Crippen LogP contribution is 2.34. The third kappa shape index (κ3) is 6.28. The van der Waals surface area contributed by atoms with Gasteiger partial charge in [-0.1, -0.05) is 43.5 Å². The Morgan fingerprint density at radius 3 is 1.56 bits per heavy atom. The monoisotopic (exact) mass is 464 g/mol. The fourth-order valence-corrected chi connectivity index (χ4v) is 3.94. The van der Waals surface area contributed by atoms with Crippen LogP contribution in [0.3, 0.4) is 0 Å². The fourth-order valence-electron chi connectivity index (χ4n) is 3.94. The molecule has 0 radical (unpaired) electrons. The van der Waals surface area contributed by atoms with Crippen molar-refractivity contribution >= 4 is 23.7 Å². The molecule has 2 aromatic rings. The Bertz CT molecular complexity index is 987. The lowest BCUT2D eigenvalue weighted by molar-refractivity contribution is -0.128. The van der Waals surface area contributed by atoms with Crippen molar-refractivity contribution in [2.24, 2.45) is 11.8 Å². The van der Waals surface area contributed by atoms with Crippen molar-refractivity contribution < 1.29 is 28.5 Å². The molecule has 6 nitrogen and oxygen atoms in total. The normalized spacial score (nSPS) is 13.8. The van der Waals surface area contributed by atoms with Crippen LogP contribution in [-0.4, -0.2) is 40.0 Å². The highest BCUT2D eigenvalue weighted by atomic mass is 16.5. The Hall–Kier alpha value is -3.54. The van der Waals surface area contributed by atoms with E-state index in [0.29, 0.717) is 35.3 Å². The lowest BCUT2D eigenvalue weighted by Crippen LogP contribution is -2.26. The summed E-state index contributed by atoms with van der Waals surface area (Å²) in [5.41, 5.74) is 1.59. The number of ether oxygens (including phenoxy) is 4.